The van der Waals surface area contributed by atoms with Gasteiger partial charge in [0.05, 0.1) is 21.0 Å². The average Bonchev–Trinajstić information content (AvgIpc) is 3.91. The molecule has 10 nitrogen and oxygen atoms in total. The standard InChI is InChI=1S/C25H29N2.C19H22N2.C17H23N2S2.ClHO4.ClH.HI/c1-24(2)18-12-7-9-14-20(18)26(5)22(24)16-11-17-23-25(3,4)19-13-8-10-15-21(19)27(23)6;1-3-21-19-13-11-17(12-14-19)6-4-5-16-7-9-18(10-8-16)15-20-2;1-12-14(3)20-16(18(12)5)10-8-7-9-11-17-19(6)13(2)15(4)21-17;2-1(3,4)5;;/h7-17H,1-6H3;4-14,20H,3,15H2,1-2H3;7-11H,1-6H3;(H,2,3,4,5);2*1H/q+1;;+1;;;/p-2/b;5-4+,17-6?,21-19?;;;;. The fourth-order valence-electron chi connectivity index (χ4n) is 8.96. The summed E-state index contributed by atoms with van der Waals surface area (Å²) in [5.41, 5.74) is 15.5. The van der Waals surface area contributed by atoms with Gasteiger partial charge in [-0.3, -0.25) is 4.99 Å². The molecule has 3 aliphatic heterocycles. The number of nitrogens with zero attached hydrogens (tertiary/aromatic N) is 5. The lowest BCUT2D eigenvalue weighted by atomic mass is 9.81. The minimum atomic E-state index is -4.94. The Morgan fingerprint density at radius 1 is 0.711 bits per heavy atom. The lowest BCUT2D eigenvalue weighted by Crippen LogP contribution is -3.00. The highest BCUT2D eigenvalue weighted by Crippen LogP contribution is 2.47. The van der Waals surface area contributed by atoms with E-state index in [0.717, 1.165) is 18.8 Å². The number of hydrogen-bond acceptors (Lipinski definition) is 10. The first-order chi connectivity index (χ1) is 35.0. The first-order valence-corrected chi connectivity index (χ1v) is 27.5. The monoisotopic (exact) mass is 1220 g/mol. The van der Waals surface area contributed by atoms with Gasteiger partial charge in [0, 0.05) is 85.3 Å². The third kappa shape index (κ3) is 17.6. The van der Waals surface area contributed by atoms with Crippen molar-refractivity contribution in [3.05, 3.63) is 217 Å². The molecule has 76 heavy (non-hydrogen) atoms. The van der Waals surface area contributed by atoms with Gasteiger partial charge in [-0.15, -0.1) is 22.7 Å². The van der Waals surface area contributed by atoms with Crippen LogP contribution in [0.2, 0.25) is 0 Å². The number of nitrogens with one attached hydrogen (secondary N) is 1. The van der Waals surface area contributed by atoms with Crippen LogP contribution >= 0.6 is 35.5 Å². The maximum atomic E-state index is 8.49. The molecule has 15 heteroatoms. The molecule has 1 aromatic heterocycles. The minimum absolute atomic E-state index is 0. The van der Waals surface area contributed by atoms with Crippen molar-refractivity contribution in [1.82, 2.24) is 10.2 Å². The predicted molar refractivity (Wildman–Crippen MR) is 310 cm³/mol. The summed E-state index contributed by atoms with van der Waals surface area (Å²) < 4.78 is 38.5. The lowest BCUT2D eigenvalue weighted by molar-refractivity contribution is -2.00. The molecule has 0 fully saturated rings. The fourth-order valence-corrected chi connectivity index (χ4v) is 11.0. The second-order valence-corrected chi connectivity index (χ2v) is 22.4. The number of para-hydroxylation sites is 2. The zero-order chi connectivity index (χ0) is 54.4. The number of rotatable bonds is 10. The van der Waals surface area contributed by atoms with E-state index in [1.807, 2.05) is 37.1 Å². The Kier molecular flexibility index (Phi) is 25.6. The van der Waals surface area contributed by atoms with E-state index in [2.05, 4.69) is 277 Å². The second kappa shape index (κ2) is 29.7. The number of allylic oxidation sites excluding steroid dienone is 17. The molecule has 406 valence electrons. The summed E-state index contributed by atoms with van der Waals surface area (Å²) in [6, 6.07) is 26.0. The molecule has 0 amide bonds. The van der Waals surface area contributed by atoms with Gasteiger partial charge in [0.25, 0.3) is 5.01 Å². The first kappa shape index (κ1) is 65.4. The normalized spacial score (nSPS) is 17.2. The van der Waals surface area contributed by atoms with Crippen molar-refractivity contribution in [2.45, 2.75) is 79.7 Å². The highest BCUT2D eigenvalue weighted by molar-refractivity contribution is 8.06. The Morgan fingerprint density at radius 2 is 1.32 bits per heavy atom. The number of thioether (sulfide) groups is 1. The van der Waals surface area contributed by atoms with Crippen LogP contribution in [0.4, 0.5) is 11.4 Å². The van der Waals surface area contributed by atoms with Crippen molar-refractivity contribution >= 4 is 70.5 Å². The van der Waals surface area contributed by atoms with Crippen molar-refractivity contribution in [1.29, 1.82) is 0 Å². The number of thiazole rings is 1. The third-order valence-corrected chi connectivity index (χ3v) is 15.9. The molecule has 3 aromatic carbocycles. The average molecular weight is 1220 g/mol. The van der Waals surface area contributed by atoms with Gasteiger partial charge in [-0.25, -0.2) is 18.6 Å². The van der Waals surface area contributed by atoms with Crippen LogP contribution in [-0.2, 0) is 24.4 Å². The van der Waals surface area contributed by atoms with Crippen LogP contribution in [0.15, 0.2) is 184 Å². The predicted octanol–water partition coefficient (Wildman–Crippen LogP) is 6.69. The Labute approximate surface area is 486 Å². The zero-order valence-electron chi connectivity index (χ0n) is 46.4. The number of aliphatic imine (C=N–C) groups is 1. The fraction of sp³-hybridized carbons (Fsp3) is 0.295. The first-order valence-electron chi connectivity index (χ1n) is 24.7. The van der Waals surface area contributed by atoms with Crippen LogP contribution in [0.1, 0.15) is 86.3 Å². The number of fused-ring (bicyclic) bond motifs is 2. The molecule has 0 spiro atoms. The number of halogens is 3. The number of hydrogen-bond donors (Lipinski definition) is 1. The smallest absolute Gasteiger partial charge is 0.261 e. The molecular weight excluding hydrogens is 1140 g/mol. The molecule has 4 heterocycles. The molecule has 0 saturated carbocycles. The van der Waals surface area contributed by atoms with Crippen LogP contribution in [0.25, 0.3) is 12.2 Å². The maximum absolute atomic E-state index is 8.49. The zero-order valence-corrected chi connectivity index (χ0v) is 51.7. The molecule has 1 aliphatic carbocycles. The van der Waals surface area contributed by atoms with Crippen LogP contribution in [0, 0.1) is 24.1 Å². The SMILES string of the molecule is CC1=C(C)N(C)/C(=C/C=C/C=C/c2sc(C)c(C)[n+]2C)S1.CCN=C1C=CC(=C/C=C/c2ccc(CNC)cc2)C=C1.CN1C(=CC=CC2=[N+](C)c3ccccc3C2(C)C)C(C)(C)c2ccccc21.Cl.[I-].[O-][Cl+3]([O-])([O-])[O-]. The van der Waals surface area contributed by atoms with Gasteiger partial charge in [0.2, 0.25) is 5.69 Å². The largest absolute Gasteiger partial charge is 1.00 e. The molecule has 4 aliphatic rings. The highest BCUT2D eigenvalue weighted by Gasteiger charge is 2.43. The van der Waals surface area contributed by atoms with Crippen LogP contribution in [-0.4, -0.2) is 55.6 Å². The molecule has 1 N–H and O–H groups in total. The van der Waals surface area contributed by atoms with E-state index in [1.165, 1.54) is 81.8 Å². The van der Waals surface area contributed by atoms with Crippen LogP contribution in [0.3, 0.4) is 0 Å². The second-order valence-electron chi connectivity index (χ2n) is 19.1. The van der Waals surface area contributed by atoms with Gasteiger partial charge < -0.3 is 39.1 Å². The highest BCUT2D eigenvalue weighted by atomic mass is 127. The number of likely N-dealkylation sites (N-methyl/N-ethyl adjacent to an activating group) is 1. The summed E-state index contributed by atoms with van der Waals surface area (Å²) in [5, 5.41) is 5.71. The van der Waals surface area contributed by atoms with Gasteiger partial charge in [-0.2, -0.15) is 9.14 Å². The topological polar surface area (TPSA) is 130 Å². The van der Waals surface area contributed by atoms with Crippen LogP contribution in [0.5, 0.6) is 0 Å². The quantitative estimate of drug-likeness (QED) is 0.106. The van der Waals surface area contributed by atoms with Gasteiger partial charge in [0.15, 0.2) is 11.4 Å². The van der Waals surface area contributed by atoms with Gasteiger partial charge >= 0.3 is 0 Å². The lowest BCUT2D eigenvalue weighted by Gasteiger charge is -2.23. The van der Waals surface area contributed by atoms with E-state index in [0.29, 0.717) is 0 Å². The van der Waals surface area contributed by atoms with E-state index in [-0.39, 0.29) is 47.2 Å². The number of anilines is 1. The van der Waals surface area contributed by atoms with Crippen molar-refractivity contribution in [3.8, 4) is 0 Å². The summed E-state index contributed by atoms with van der Waals surface area (Å²) in [5.74, 6) is 0. The molecule has 0 unspecified atom stereocenters. The summed E-state index contributed by atoms with van der Waals surface area (Å²) >= 11 is 3.67. The van der Waals surface area contributed by atoms with Crippen LogP contribution < -0.4 is 57.4 Å². The Hall–Kier alpha value is -4.91. The Balaban J connectivity index is 0.000000286. The van der Waals surface area contributed by atoms with Crippen molar-refractivity contribution in [3.63, 3.8) is 0 Å². The minimum Gasteiger partial charge on any atom is -1.00 e. The van der Waals surface area contributed by atoms with Gasteiger partial charge in [-0.05, 0) is 101 Å². The number of benzene rings is 3. The summed E-state index contributed by atoms with van der Waals surface area (Å²) in [6.07, 6.45) is 32.0. The molecule has 0 radical (unpaired) electrons. The Bertz CT molecular complexity index is 3000. The maximum Gasteiger partial charge on any atom is 0.261 e. The van der Waals surface area contributed by atoms with Gasteiger partial charge in [0.1, 0.15) is 14.1 Å². The van der Waals surface area contributed by atoms with Gasteiger partial charge in [-0.1, -0.05) is 152 Å². The summed E-state index contributed by atoms with van der Waals surface area (Å²) in [6.45, 7) is 21.7. The van der Waals surface area contributed by atoms with E-state index in [4.69, 9.17) is 18.6 Å². The molecule has 0 saturated heterocycles. The Morgan fingerprint density at radius 3 is 1.87 bits per heavy atom. The molecule has 0 bridgehead atoms. The molecular formula is C61H75Cl2IN6O4S2. The van der Waals surface area contributed by atoms with E-state index >= 15 is 0 Å². The molecule has 0 atom stereocenters. The summed E-state index contributed by atoms with van der Waals surface area (Å²) in [4.78, 5) is 11.7. The van der Waals surface area contributed by atoms with E-state index < -0.39 is 10.2 Å². The number of aryl methyl sites for hydroxylation is 1. The molecule has 4 aromatic rings. The number of aromatic nitrogens is 1. The van der Waals surface area contributed by atoms with Crippen molar-refractivity contribution in [2.75, 3.05) is 39.6 Å². The van der Waals surface area contributed by atoms with Crippen molar-refractivity contribution in [2.24, 2.45) is 12.0 Å². The third-order valence-electron chi connectivity index (χ3n) is 13.5. The summed E-state index contributed by atoms with van der Waals surface area (Å²) in [7, 11) is 5.59. The van der Waals surface area contributed by atoms with E-state index in [1.54, 1.807) is 0 Å². The van der Waals surface area contributed by atoms with Crippen molar-refractivity contribution < 1.29 is 62.0 Å². The van der Waals surface area contributed by atoms with E-state index in [9.17, 15) is 0 Å². The molecule has 8 rings (SSSR count).